The highest BCUT2D eigenvalue weighted by Gasteiger charge is 2.27. The Bertz CT molecular complexity index is 695. The molecule has 4 nitrogen and oxygen atoms in total. The van der Waals surface area contributed by atoms with Gasteiger partial charge in [0, 0.05) is 28.5 Å². The lowest BCUT2D eigenvalue weighted by molar-refractivity contribution is 0.101. The number of aromatic nitrogens is 1. The molecule has 6 heteroatoms. The van der Waals surface area contributed by atoms with Crippen molar-refractivity contribution < 1.29 is 9.53 Å². The van der Waals surface area contributed by atoms with E-state index in [4.69, 9.17) is 16.3 Å². The maximum absolute atomic E-state index is 12.4. The number of benzene rings is 1. The summed E-state index contributed by atoms with van der Waals surface area (Å²) in [6.45, 7) is 0. The van der Waals surface area contributed by atoms with Gasteiger partial charge in [0.05, 0.1) is 12.1 Å². The van der Waals surface area contributed by atoms with Gasteiger partial charge in [0.15, 0.2) is 0 Å². The van der Waals surface area contributed by atoms with Crippen molar-refractivity contribution in [2.24, 2.45) is 0 Å². The molecule has 1 saturated carbocycles. The number of nitrogens with one attached hydrogen (secondary N) is 1. The SMILES string of the molecule is COc1cc(NC(=O)c2cc(Br)cn2C2CC2)ccc1Cl. The van der Waals surface area contributed by atoms with E-state index in [1.165, 1.54) is 0 Å². The number of ether oxygens (including phenoxy) is 1. The minimum atomic E-state index is -0.142. The molecule has 0 aliphatic heterocycles. The Morgan fingerprint density at radius 2 is 2.19 bits per heavy atom. The third kappa shape index (κ3) is 3.09. The van der Waals surface area contributed by atoms with Crippen LogP contribution in [0.5, 0.6) is 5.75 Å². The summed E-state index contributed by atoms with van der Waals surface area (Å²) in [4.78, 5) is 12.4. The molecule has 2 aromatic rings. The molecule has 0 unspecified atom stereocenters. The summed E-state index contributed by atoms with van der Waals surface area (Å²) in [5.74, 6) is 0.394. The van der Waals surface area contributed by atoms with Gasteiger partial charge in [-0.2, -0.15) is 0 Å². The van der Waals surface area contributed by atoms with Gasteiger partial charge >= 0.3 is 0 Å². The zero-order valence-corrected chi connectivity index (χ0v) is 13.7. The number of rotatable bonds is 4. The number of methoxy groups -OCH3 is 1. The van der Waals surface area contributed by atoms with Crippen molar-refractivity contribution in [2.75, 3.05) is 12.4 Å². The zero-order valence-electron chi connectivity index (χ0n) is 11.4. The van der Waals surface area contributed by atoms with Crippen LogP contribution in [0, 0.1) is 0 Å². The molecule has 1 aliphatic rings. The van der Waals surface area contributed by atoms with E-state index in [-0.39, 0.29) is 5.91 Å². The molecule has 1 aromatic heterocycles. The third-order valence-corrected chi connectivity index (χ3v) is 4.14. The molecular weight excluding hydrogens is 356 g/mol. The third-order valence-electron chi connectivity index (χ3n) is 3.40. The highest BCUT2D eigenvalue weighted by atomic mass is 79.9. The summed E-state index contributed by atoms with van der Waals surface area (Å²) >= 11 is 9.41. The molecule has 21 heavy (non-hydrogen) atoms. The zero-order chi connectivity index (χ0) is 15.0. The number of carbonyl (C=O) groups is 1. The van der Waals surface area contributed by atoms with E-state index in [9.17, 15) is 4.79 Å². The van der Waals surface area contributed by atoms with Gasteiger partial charge in [0.1, 0.15) is 11.4 Å². The first-order chi connectivity index (χ1) is 10.1. The van der Waals surface area contributed by atoms with E-state index >= 15 is 0 Å². The second kappa shape index (κ2) is 5.73. The lowest BCUT2D eigenvalue weighted by atomic mass is 10.3. The van der Waals surface area contributed by atoms with Gasteiger partial charge in [-0.15, -0.1) is 0 Å². The van der Waals surface area contributed by atoms with Crippen LogP contribution in [0.25, 0.3) is 0 Å². The molecule has 0 spiro atoms. The first-order valence-corrected chi connectivity index (χ1v) is 7.78. The van der Waals surface area contributed by atoms with Gasteiger partial charge in [-0.25, -0.2) is 0 Å². The molecule has 0 atom stereocenters. The van der Waals surface area contributed by atoms with Gasteiger partial charge in [-0.1, -0.05) is 11.6 Å². The Morgan fingerprint density at radius 3 is 2.86 bits per heavy atom. The highest BCUT2D eigenvalue weighted by Crippen LogP contribution is 2.37. The van der Waals surface area contributed by atoms with Crippen LogP contribution in [0.15, 0.2) is 34.9 Å². The van der Waals surface area contributed by atoms with Crippen LogP contribution in [0.2, 0.25) is 5.02 Å². The monoisotopic (exact) mass is 368 g/mol. The minimum Gasteiger partial charge on any atom is -0.495 e. The van der Waals surface area contributed by atoms with Crippen molar-refractivity contribution in [2.45, 2.75) is 18.9 Å². The Kier molecular flexibility index (Phi) is 3.95. The highest BCUT2D eigenvalue weighted by molar-refractivity contribution is 9.10. The van der Waals surface area contributed by atoms with Gasteiger partial charge < -0.3 is 14.6 Å². The molecule has 0 bridgehead atoms. The normalized spacial score (nSPS) is 14.0. The van der Waals surface area contributed by atoms with Crippen LogP contribution in [-0.4, -0.2) is 17.6 Å². The van der Waals surface area contributed by atoms with Crippen molar-refractivity contribution in [1.82, 2.24) is 4.57 Å². The summed E-state index contributed by atoms with van der Waals surface area (Å²) in [5, 5.41) is 3.39. The fourth-order valence-electron chi connectivity index (χ4n) is 2.22. The Balaban J connectivity index is 1.83. The predicted molar refractivity (Wildman–Crippen MR) is 86.4 cm³/mol. The van der Waals surface area contributed by atoms with Crippen molar-refractivity contribution >= 4 is 39.1 Å². The number of halogens is 2. The lowest BCUT2D eigenvalue weighted by Crippen LogP contribution is -2.16. The van der Waals surface area contributed by atoms with E-state index < -0.39 is 0 Å². The second-order valence-electron chi connectivity index (χ2n) is 4.99. The van der Waals surface area contributed by atoms with E-state index in [1.807, 2.05) is 16.8 Å². The van der Waals surface area contributed by atoms with Gasteiger partial charge in [0.2, 0.25) is 0 Å². The maximum atomic E-state index is 12.4. The molecule has 1 aliphatic carbocycles. The first-order valence-electron chi connectivity index (χ1n) is 6.61. The van der Waals surface area contributed by atoms with E-state index in [2.05, 4.69) is 21.2 Å². The van der Waals surface area contributed by atoms with E-state index in [0.717, 1.165) is 17.3 Å². The average molecular weight is 370 g/mol. The summed E-state index contributed by atoms with van der Waals surface area (Å²) in [6, 6.07) is 7.44. The summed E-state index contributed by atoms with van der Waals surface area (Å²) < 4.78 is 8.08. The summed E-state index contributed by atoms with van der Waals surface area (Å²) in [7, 11) is 1.54. The van der Waals surface area contributed by atoms with Crippen LogP contribution >= 0.6 is 27.5 Å². The second-order valence-corrected chi connectivity index (χ2v) is 6.31. The minimum absolute atomic E-state index is 0.142. The van der Waals surface area contributed by atoms with Crippen molar-refractivity contribution in [1.29, 1.82) is 0 Å². The molecule has 1 N–H and O–H groups in total. The molecule has 1 amide bonds. The molecule has 3 rings (SSSR count). The van der Waals surface area contributed by atoms with Gasteiger partial charge in [-0.05, 0) is 47.0 Å². The number of carbonyl (C=O) groups excluding carboxylic acids is 1. The van der Waals surface area contributed by atoms with Crippen LogP contribution in [-0.2, 0) is 0 Å². The standard InChI is InChI=1S/C15H14BrClN2O2/c1-21-14-7-10(2-5-12(14)17)18-15(20)13-6-9(16)8-19(13)11-3-4-11/h2,5-8,11H,3-4H2,1H3,(H,18,20). The number of hydrogen-bond donors (Lipinski definition) is 1. The molecule has 0 radical (unpaired) electrons. The predicted octanol–water partition coefficient (Wildman–Crippen LogP) is 4.50. The van der Waals surface area contributed by atoms with E-state index in [0.29, 0.717) is 28.2 Å². The fourth-order valence-corrected chi connectivity index (χ4v) is 2.85. The molecule has 1 aromatic carbocycles. The van der Waals surface area contributed by atoms with Crippen LogP contribution < -0.4 is 10.1 Å². The number of hydrogen-bond acceptors (Lipinski definition) is 2. The van der Waals surface area contributed by atoms with Crippen molar-refractivity contribution in [3.8, 4) is 5.75 Å². The largest absolute Gasteiger partial charge is 0.495 e. The Labute approximate surface area is 136 Å². The van der Waals surface area contributed by atoms with Crippen LogP contribution in [0.4, 0.5) is 5.69 Å². The Morgan fingerprint density at radius 1 is 1.43 bits per heavy atom. The maximum Gasteiger partial charge on any atom is 0.272 e. The smallest absolute Gasteiger partial charge is 0.272 e. The van der Waals surface area contributed by atoms with Gasteiger partial charge in [0.25, 0.3) is 5.91 Å². The molecular formula is C15H14BrClN2O2. The molecule has 110 valence electrons. The fraction of sp³-hybridized carbons (Fsp3) is 0.267. The number of anilines is 1. The van der Waals surface area contributed by atoms with Crippen LogP contribution in [0.1, 0.15) is 29.4 Å². The van der Waals surface area contributed by atoms with Gasteiger partial charge in [-0.3, -0.25) is 4.79 Å². The lowest BCUT2D eigenvalue weighted by Gasteiger charge is -2.10. The van der Waals surface area contributed by atoms with Crippen molar-refractivity contribution in [3.05, 3.63) is 45.7 Å². The van der Waals surface area contributed by atoms with E-state index in [1.54, 1.807) is 25.3 Å². The quantitative estimate of drug-likeness (QED) is 0.862. The molecule has 0 saturated heterocycles. The molecule has 1 heterocycles. The Hall–Kier alpha value is -1.46. The topological polar surface area (TPSA) is 43.3 Å². The first kappa shape index (κ1) is 14.5. The number of nitrogens with zero attached hydrogens (tertiary/aromatic N) is 1. The molecule has 1 fully saturated rings. The van der Waals surface area contributed by atoms with Crippen molar-refractivity contribution in [3.63, 3.8) is 0 Å². The average Bonchev–Trinajstić information content (AvgIpc) is 3.23. The number of amides is 1. The van der Waals surface area contributed by atoms with Crippen LogP contribution in [0.3, 0.4) is 0 Å². The summed E-state index contributed by atoms with van der Waals surface area (Å²) in [5.41, 5.74) is 1.30. The summed E-state index contributed by atoms with van der Waals surface area (Å²) in [6.07, 6.45) is 4.20.